The minimum Gasteiger partial charge on any atom is -0.490 e. The lowest BCUT2D eigenvalue weighted by Gasteiger charge is -2.14. The normalized spacial score (nSPS) is 10.8. The maximum Gasteiger partial charge on any atom is 0.255 e. The Morgan fingerprint density at radius 3 is 1.41 bits per heavy atom. The highest BCUT2D eigenvalue weighted by Gasteiger charge is 2.13. The topological polar surface area (TPSA) is 76.7 Å². The third kappa shape index (κ3) is 8.61. The molecular weight excluding hydrogens is 404 g/mol. The van der Waals surface area contributed by atoms with Crippen molar-refractivity contribution in [1.82, 2.24) is 10.6 Å². The molecule has 6 heteroatoms. The molecule has 0 spiro atoms. The number of nitrogens with one attached hydrogen (secondary N) is 2. The molecule has 0 aliphatic rings. The van der Waals surface area contributed by atoms with Gasteiger partial charge in [0.2, 0.25) is 0 Å². The van der Waals surface area contributed by atoms with Gasteiger partial charge in [0.1, 0.15) is 11.5 Å². The molecule has 0 bridgehead atoms. The number of carbonyl (C=O) groups is 2. The zero-order valence-corrected chi connectivity index (χ0v) is 19.6. The molecule has 0 radical (unpaired) electrons. The van der Waals surface area contributed by atoms with Gasteiger partial charge in [-0.2, -0.15) is 0 Å². The van der Waals surface area contributed by atoms with Crippen LogP contribution in [0.1, 0.15) is 74.1 Å². The zero-order valence-electron chi connectivity index (χ0n) is 19.6. The Bertz CT molecular complexity index is 793. The van der Waals surface area contributed by atoms with Gasteiger partial charge in [-0.05, 0) is 64.8 Å². The first-order valence-corrected chi connectivity index (χ1v) is 11.5. The van der Waals surface area contributed by atoms with Crippen molar-refractivity contribution in [2.45, 2.75) is 65.6 Å². The van der Waals surface area contributed by atoms with Crippen molar-refractivity contribution in [3.05, 3.63) is 59.7 Å². The van der Waals surface area contributed by atoms with E-state index in [1.165, 1.54) is 0 Å². The Labute approximate surface area is 191 Å². The summed E-state index contributed by atoms with van der Waals surface area (Å²) in [6, 6.07) is 14.6. The summed E-state index contributed by atoms with van der Waals surface area (Å²) < 4.78 is 11.4. The van der Waals surface area contributed by atoms with Crippen LogP contribution in [-0.4, -0.2) is 37.1 Å². The Balaban J connectivity index is 1.63. The first kappa shape index (κ1) is 25.2. The second kappa shape index (κ2) is 13.4. The van der Waals surface area contributed by atoms with Crippen LogP contribution < -0.4 is 20.1 Å². The van der Waals surface area contributed by atoms with Gasteiger partial charge in [0, 0.05) is 13.1 Å². The maximum absolute atomic E-state index is 12.4. The van der Waals surface area contributed by atoms with E-state index < -0.39 is 0 Å². The Hall–Kier alpha value is -3.02. The van der Waals surface area contributed by atoms with Crippen LogP contribution in [0.15, 0.2) is 48.5 Å². The van der Waals surface area contributed by atoms with Gasteiger partial charge in [0.15, 0.2) is 0 Å². The highest BCUT2D eigenvalue weighted by molar-refractivity contribution is 5.97. The second-order valence-corrected chi connectivity index (χ2v) is 8.25. The van der Waals surface area contributed by atoms with Crippen LogP contribution in [0, 0.1) is 0 Å². The number of para-hydroxylation sites is 2. The monoisotopic (exact) mass is 440 g/mol. The predicted molar refractivity (Wildman–Crippen MR) is 128 cm³/mol. The zero-order chi connectivity index (χ0) is 23.3. The molecule has 0 aliphatic carbocycles. The molecule has 0 saturated carbocycles. The fourth-order valence-corrected chi connectivity index (χ4v) is 3.22. The first-order chi connectivity index (χ1) is 15.4. The van der Waals surface area contributed by atoms with Crippen molar-refractivity contribution in [2.24, 2.45) is 0 Å². The van der Waals surface area contributed by atoms with Gasteiger partial charge in [0.25, 0.3) is 11.8 Å². The van der Waals surface area contributed by atoms with Crippen molar-refractivity contribution >= 4 is 11.8 Å². The molecule has 2 amide bonds. The van der Waals surface area contributed by atoms with Gasteiger partial charge in [-0.25, -0.2) is 0 Å². The quantitative estimate of drug-likeness (QED) is 0.431. The van der Waals surface area contributed by atoms with Crippen LogP contribution in [-0.2, 0) is 0 Å². The highest BCUT2D eigenvalue weighted by Crippen LogP contribution is 2.20. The molecule has 0 aromatic heterocycles. The number of amides is 2. The number of hydrogen-bond donors (Lipinski definition) is 2. The van der Waals surface area contributed by atoms with Crippen LogP contribution in [0.4, 0.5) is 0 Å². The molecule has 6 nitrogen and oxygen atoms in total. The second-order valence-electron chi connectivity index (χ2n) is 8.25. The number of rotatable bonds is 13. The first-order valence-electron chi connectivity index (χ1n) is 11.5. The molecule has 0 aliphatic heterocycles. The Morgan fingerprint density at radius 2 is 1.03 bits per heavy atom. The molecule has 0 heterocycles. The van der Waals surface area contributed by atoms with E-state index in [-0.39, 0.29) is 24.0 Å². The van der Waals surface area contributed by atoms with Crippen molar-refractivity contribution in [1.29, 1.82) is 0 Å². The predicted octanol–water partition coefficient (Wildman–Crippen LogP) is 4.98. The summed E-state index contributed by atoms with van der Waals surface area (Å²) in [7, 11) is 0. The van der Waals surface area contributed by atoms with Gasteiger partial charge < -0.3 is 20.1 Å². The molecular formula is C26H36N2O4. The number of unbranched alkanes of at least 4 members (excludes halogenated alkanes) is 3. The summed E-state index contributed by atoms with van der Waals surface area (Å²) in [5.41, 5.74) is 1.12. The van der Waals surface area contributed by atoms with Crippen LogP contribution in [0.2, 0.25) is 0 Å². The summed E-state index contributed by atoms with van der Waals surface area (Å²) in [6.45, 7) is 8.98. The average molecular weight is 441 g/mol. The van der Waals surface area contributed by atoms with Gasteiger partial charge >= 0.3 is 0 Å². The Morgan fingerprint density at radius 1 is 0.656 bits per heavy atom. The largest absolute Gasteiger partial charge is 0.490 e. The van der Waals surface area contributed by atoms with Gasteiger partial charge in [-0.1, -0.05) is 37.1 Å². The summed E-state index contributed by atoms with van der Waals surface area (Å²) >= 11 is 0. The standard InChI is InChI=1S/C26H36N2O4/c1-19(2)31-23-15-9-7-13-21(23)25(29)27-17-11-5-6-12-18-28-26(30)22-14-8-10-16-24(22)32-20(3)4/h7-10,13-16,19-20H,5-6,11-12,17-18H2,1-4H3,(H,27,29)(H,28,30). The minimum atomic E-state index is -0.115. The van der Waals surface area contributed by atoms with E-state index in [4.69, 9.17) is 9.47 Å². The lowest BCUT2D eigenvalue weighted by atomic mass is 10.1. The maximum atomic E-state index is 12.4. The fourth-order valence-electron chi connectivity index (χ4n) is 3.22. The smallest absolute Gasteiger partial charge is 0.255 e. The molecule has 32 heavy (non-hydrogen) atoms. The fraction of sp³-hybridized carbons (Fsp3) is 0.462. The number of benzene rings is 2. The molecule has 2 N–H and O–H groups in total. The minimum absolute atomic E-state index is 0.0145. The summed E-state index contributed by atoms with van der Waals surface area (Å²) in [4.78, 5) is 24.9. The van der Waals surface area contributed by atoms with Crippen molar-refractivity contribution < 1.29 is 19.1 Å². The third-order valence-corrected chi connectivity index (χ3v) is 4.66. The van der Waals surface area contributed by atoms with E-state index in [0.29, 0.717) is 35.7 Å². The van der Waals surface area contributed by atoms with E-state index in [9.17, 15) is 9.59 Å². The number of carbonyl (C=O) groups excluding carboxylic acids is 2. The Kier molecular flexibility index (Phi) is 10.6. The highest BCUT2D eigenvalue weighted by atomic mass is 16.5. The van der Waals surface area contributed by atoms with Crippen molar-refractivity contribution in [2.75, 3.05) is 13.1 Å². The van der Waals surface area contributed by atoms with Crippen molar-refractivity contribution in [3.8, 4) is 11.5 Å². The SMILES string of the molecule is CC(C)Oc1ccccc1C(=O)NCCCCCCNC(=O)c1ccccc1OC(C)C. The van der Waals surface area contributed by atoms with E-state index in [0.717, 1.165) is 25.7 Å². The molecule has 2 aromatic carbocycles. The average Bonchev–Trinajstić information content (AvgIpc) is 2.75. The molecule has 174 valence electrons. The number of ether oxygens (including phenoxy) is 2. The van der Waals surface area contributed by atoms with Gasteiger partial charge in [0.05, 0.1) is 23.3 Å². The lowest BCUT2D eigenvalue weighted by molar-refractivity contribution is 0.0936. The summed E-state index contributed by atoms with van der Waals surface area (Å²) in [5, 5.41) is 5.92. The molecule has 0 unspecified atom stereocenters. The molecule has 0 saturated heterocycles. The molecule has 0 fully saturated rings. The van der Waals surface area contributed by atoms with E-state index in [1.807, 2.05) is 64.1 Å². The third-order valence-electron chi connectivity index (χ3n) is 4.66. The molecule has 0 atom stereocenters. The van der Waals surface area contributed by atoms with E-state index in [2.05, 4.69) is 10.6 Å². The molecule has 2 aromatic rings. The van der Waals surface area contributed by atoms with Crippen LogP contribution in [0.25, 0.3) is 0 Å². The van der Waals surface area contributed by atoms with Crippen LogP contribution in [0.3, 0.4) is 0 Å². The van der Waals surface area contributed by atoms with E-state index in [1.54, 1.807) is 12.1 Å². The van der Waals surface area contributed by atoms with E-state index >= 15 is 0 Å². The van der Waals surface area contributed by atoms with Crippen molar-refractivity contribution in [3.63, 3.8) is 0 Å². The summed E-state index contributed by atoms with van der Waals surface area (Å²) in [5.74, 6) is 0.985. The number of hydrogen-bond acceptors (Lipinski definition) is 4. The lowest BCUT2D eigenvalue weighted by Crippen LogP contribution is -2.26. The summed E-state index contributed by atoms with van der Waals surface area (Å²) in [6.07, 6.45) is 3.76. The van der Waals surface area contributed by atoms with Gasteiger partial charge in [-0.15, -0.1) is 0 Å². The molecule has 2 rings (SSSR count). The van der Waals surface area contributed by atoms with Gasteiger partial charge in [-0.3, -0.25) is 9.59 Å². The van der Waals surface area contributed by atoms with Crippen LogP contribution >= 0.6 is 0 Å². The van der Waals surface area contributed by atoms with Crippen LogP contribution in [0.5, 0.6) is 11.5 Å².